The average molecular weight is 383 g/mol. The van der Waals surface area contributed by atoms with E-state index in [0.717, 1.165) is 43.7 Å². The first-order chi connectivity index (χ1) is 13.4. The number of nitrogens with one attached hydrogen (secondary N) is 1. The summed E-state index contributed by atoms with van der Waals surface area (Å²) in [6, 6.07) is 5.96. The number of ether oxygens (including phenoxy) is 1. The van der Waals surface area contributed by atoms with E-state index in [-0.39, 0.29) is 11.5 Å². The molecule has 1 aromatic carbocycles. The molecule has 1 amide bonds. The number of nitrogens with two attached hydrogens (primary N) is 1. The maximum absolute atomic E-state index is 11.9. The number of aromatic nitrogens is 2. The van der Waals surface area contributed by atoms with Gasteiger partial charge in [0, 0.05) is 18.0 Å². The van der Waals surface area contributed by atoms with Crippen LogP contribution in [0.3, 0.4) is 0 Å². The lowest BCUT2D eigenvalue weighted by Gasteiger charge is -2.30. The minimum Gasteiger partial charge on any atom is -0.379 e. The number of carbonyl (C=O) groups excluding carboxylic acids is 1. The minimum atomic E-state index is -0.425. The van der Waals surface area contributed by atoms with Gasteiger partial charge in [0.05, 0.1) is 29.6 Å². The molecular weight excluding hydrogens is 352 g/mol. The molecule has 1 aliphatic heterocycles. The van der Waals surface area contributed by atoms with E-state index in [1.165, 1.54) is 23.4 Å². The fraction of sp³-hybridized carbons (Fsp3) is 0.545. The summed E-state index contributed by atoms with van der Waals surface area (Å²) < 4.78 is 7.54. The van der Waals surface area contributed by atoms with Gasteiger partial charge in [-0.15, -0.1) is 0 Å². The van der Waals surface area contributed by atoms with Gasteiger partial charge < -0.3 is 15.8 Å². The van der Waals surface area contributed by atoms with E-state index in [4.69, 9.17) is 15.6 Å². The zero-order chi connectivity index (χ0) is 19.9. The van der Waals surface area contributed by atoms with Crippen molar-refractivity contribution in [2.45, 2.75) is 58.9 Å². The van der Waals surface area contributed by atoms with Crippen LogP contribution < -0.4 is 11.1 Å². The van der Waals surface area contributed by atoms with E-state index in [9.17, 15) is 4.79 Å². The Hall–Kier alpha value is -2.34. The van der Waals surface area contributed by atoms with Crippen molar-refractivity contribution in [3.63, 3.8) is 0 Å². The minimum absolute atomic E-state index is 0.199. The van der Waals surface area contributed by atoms with Crippen LogP contribution in [-0.2, 0) is 24.0 Å². The number of benzene rings is 1. The molecule has 0 bridgehead atoms. The molecule has 4 rings (SSSR count). The Morgan fingerprint density at radius 3 is 2.93 bits per heavy atom. The molecule has 1 aliphatic carbocycles. The smallest absolute Gasteiger partial charge is 0.250 e. The molecule has 0 saturated carbocycles. The molecule has 0 radical (unpaired) electrons. The molecule has 2 heterocycles. The highest BCUT2D eigenvalue weighted by Crippen LogP contribution is 2.37. The van der Waals surface area contributed by atoms with Crippen LogP contribution in [0.4, 0.5) is 5.69 Å². The number of rotatable bonds is 5. The molecular formula is C22H30N4O2. The Morgan fingerprint density at radius 1 is 1.43 bits per heavy atom. The number of amides is 1. The highest BCUT2D eigenvalue weighted by atomic mass is 16.5. The van der Waals surface area contributed by atoms with Gasteiger partial charge in [-0.05, 0) is 61.3 Å². The quantitative estimate of drug-likeness (QED) is 0.832. The molecule has 1 fully saturated rings. The molecule has 6 heteroatoms. The van der Waals surface area contributed by atoms with E-state index in [1.54, 1.807) is 0 Å². The van der Waals surface area contributed by atoms with Gasteiger partial charge in [-0.3, -0.25) is 4.79 Å². The Labute approximate surface area is 166 Å². The zero-order valence-corrected chi connectivity index (χ0v) is 17.0. The van der Waals surface area contributed by atoms with E-state index < -0.39 is 5.91 Å². The number of hydrogen-bond acceptors (Lipinski definition) is 4. The summed E-state index contributed by atoms with van der Waals surface area (Å²) in [5, 5.41) is 8.39. The SMILES string of the molecule is CCc1nn(-c2ccc(C(N)=O)c(N[C@H]3CCOC3)c2)c2c1CCC(C)(C)C2. The lowest BCUT2D eigenvalue weighted by molar-refractivity contribution is 0.100. The van der Waals surface area contributed by atoms with E-state index in [2.05, 4.69) is 30.8 Å². The van der Waals surface area contributed by atoms with Crippen molar-refractivity contribution in [1.29, 1.82) is 0 Å². The molecule has 0 spiro atoms. The Morgan fingerprint density at radius 2 is 2.25 bits per heavy atom. The standard InChI is InChI=1S/C22H30N4O2/c1-4-18-16-7-9-22(2,3)12-20(16)26(25-18)15-5-6-17(21(23)27)19(11-15)24-14-8-10-28-13-14/h5-6,11,14,24H,4,7-10,12-13H2,1-3H3,(H2,23,27)/t14-/m0/s1. The Kier molecular flexibility index (Phi) is 4.91. The molecule has 1 aromatic heterocycles. The van der Waals surface area contributed by atoms with Crippen molar-refractivity contribution in [3.05, 3.63) is 40.7 Å². The van der Waals surface area contributed by atoms with Crippen LogP contribution in [0.25, 0.3) is 5.69 Å². The molecule has 150 valence electrons. The van der Waals surface area contributed by atoms with E-state index in [1.807, 2.05) is 18.2 Å². The molecule has 28 heavy (non-hydrogen) atoms. The molecule has 6 nitrogen and oxygen atoms in total. The summed E-state index contributed by atoms with van der Waals surface area (Å²) in [7, 11) is 0. The average Bonchev–Trinajstić information content (AvgIpc) is 3.27. The molecule has 3 N–H and O–H groups in total. The normalized spacial score (nSPS) is 20.8. The van der Waals surface area contributed by atoms with Crippen LogP contribution >= 0.6 is 0 Å². The lowest BCUT2D eigenvalue weighted by atomic mass is 9.76. The van der Waals surface area contributed by atoms with E-state index >= 15 is 0 Å². The Bertz CT molecular complexity index is 894. The summed E-state index contributed by atoms with van der Waals surface area (Å²) in [6.45, 7) is 8.19. The van der Waals surface area contributed by atoms with Gasteiger partial charge in [0.1, 0.15) is 0 Å². The number of anilines is 1. The van der Waals surface area contributed by atoms with Gasteiger partial charge in [-0.1, -0.05) is 20.8 Å². The summed E-state index contributed by atoms with van der Waals surface area (Å²) in [5.41, 5.74) is 12.0. The van der Waals surface area contributed by atoms with Gasteiger partial charge in [-0.25, -0.2) is 4.68 Å². The number of nitrogens with zero attached hydrogens (tertiary/aromatic N) is 2. The fourth-order valence-corrected chi connectivity index (χ4v) is 4.38. The maximum atomic E-state index is 11.9. The topological polar surface area (TPSA) is 82.2 Å². The second kappa shape index (κ2) is 7.24. The second-order valence-corrected chi connectivity index (χ2v) is 8.78. The van der Waals surface area contributed by atoms with Gasteiger partial charge in [0.15, 0.2) is 0 Å². The number of primary amides is 1. The van der Waals surface area contributed by atoms with E-state index in [0.29, 0.717) is 12.2 Å². The summed E-state index contributed by atoms with van der Waals surface area (Å²) in [4.78, 5) is 11.9. The maximum Gasteiger partial charge on any atom is 0.250 e. The van der Waals surface area contributed by atoms with Crippen LogP contribution in [0, 0.1) is 5.41 Å². The predicted molar refractivity (Wildman–Crippen MR) is 110 cm³/mol. The molecule has 2 aliphatic rings. The number of fused-ring (bicyclic) bond motifs is 1. The summed E-state index contributed by atoms with van der Waals surface area (Å²) in [5.74, 6) is -0.425. The second-order valence-electron chi connectivity index (χ2n) is 8.78. The first kappa shape index (κ1) is 19.0. The monoisotopic (exact) mass is 382 g/mol. The first-order valence-electron chi connectivity index (χ1n) is 10.3. The predicted octanol–water partition coefficient (Wildman–Crippen LogP) is 3.25. The van der Waals surface area contributed by atoms with Gasteiger partial charge in [0.25, 0.3) is 5.91 Å². The van der Waals surface area contributed by atoms with Crippen molar-refractivity contribution < 1.29 is 9.53 Å². The molecule has 1 atom stereocenters. The number of carbonyl (C=O) groups is 1. The van der Waals surface area contributed by atoms with Crippen molar-refractivity contribution in [1.82, 2.24) is 9.78 Å². The van der Waals surface area contributed by atoms with Gasteiger partial charge in [0.2, 0.25) is 0 Å². The molecule has 0 unspecified atom stereocenters. The van der Waals surface area contributed by atoms with Crippen LogP contribution in [0.5, 0.6) is 0 Å². The first-order valence-corrected chi connectivity index (χ1v) is 10.3. The highest BCUT2D eigenvalue weighted by molar-refractivity contribution is 5.99. The van der Waals surface area contributed by atoms with Crippen LogP contribution in [0.2, 0.25) is 0 Å². The fourth-order valence-electron chi connectivity index (χ4n) is 4.38. The van der Waals surface area contributed by atoms with Crippen LogP contribution in [-0.4, -0.2) is 34.9 Å². The summed E-state index contributed by atoms with van der Waals surface area (Å²) >= 11 is 0. The lowest BCUT2D eigenvalue weighted by Crippen LogP contribution is -2.24. The third-order valence-electron chi connectivity index (χ3n) is 6.01. The van der Waals surface area contributed by atoms with Crippen molar-refractivity contribution in [2.24, 2.45) is 11.1 Å². The summed E-state index contributed by atoms with van der Waals surface area (Å²) in [6.07, 6.45) is 5.13. The van der Waals surface area contributed by atoms with Gasteiger partial charge >= 0.3 is 0 Å². The highest BCUT2D eigenvalue weighted by Gasteiger charge is 2.31. The van der Waals surface area contributed by atoms with Crippen molar-refractivity contribution >= 4 is 11.6 Å². The van der Waals surface area contributed by atoms with Gasteiger partial charge in [-0.2, -0.15) is 5.10 Å². The van der Waals surface area contributed by atoms with Crippen molar-refractivity contribution in [2.75, 3.05) is 18.5 Å². The molecule has 1 saturated heterocycles. The van der Waals surface area contributed by atoms with Crippen LogP contribution in [0.15, 0.2) is 18.2 Å². The van der Waals surface area contributed by atoms with Crippen LogP contribution in [0.1, 0.15) is 60.9 Å². The largest absolute Gasteiger partial charge is 0.379 e. The zero-order valence-electron chi connectivity index (χ0n) is 17.0. The number of aryl methyl sites for hydroxylation is 1. The third-order valence-corrected chi connectivity index (χ3v) is 6.01. The molecule has 2 aromatic rings. The number of hydrogen-bond donors (Lipinski definition) is 2. The van der Waals surface area contributed by atoms with Crippen molar-refractivity contribution in [3.8, 4) is 5.69 Å². The Balaban J connectivity index is 1.77. The third kappa shape index (κ3) is 3.53.